The lowest BCUT2D eigenvalue weighted by Crippen LogP contribution is -2.36. The van der Waals surface area contributed by atoms with Crippen molar-refractivity contribution in [3.05, 3.63) is 0 Å². The van der Waals surface area contributed by atoms with Crippen LogP contribution in [-0.4, -0.2) is 61.9 Å². The van der Waals surface area contributed by atoms with Gasteiger partial charge in [0.25, 0.3) is 0 Å². The van der Waals surface area contributed by atoms with Crippen LogP contribution in [0.2, 0.25) is 18.1 Å². The van der Waals surface area contributed by atoms with Crippen LogP contribution in [0.1, 0.15) is 33.6 Å². The maximum absolute atomic E-state index is 11.4. The Morgan fingerprint density at radius 3 is 2.45 bits per heavy atom. The van der Waals surface area contributed by atoms with Crippen molar-refractivity contribution in [3.63, 3.8) is 0 Å². The summed E-state index contributed by atoms with van der Waals surface area (Å²) in [6.07, 6.45) is 0.506. The van der Waals surface area contributed by atoms with Gasteiger partial charge in [0, 0.05) is 12.4 Å². The number of aliphatic hydroxyl groups excluding tert-OH is 2. The Morgan fingerprint density at radius 2 is 1.91 bits per heavy atom. The van der Waals surface area contributed by atoms with Crippen LogP contribution in [0.4, 0.5) is 0 Å². The minimum Gasteiger partial charge on any atom is -0.463 e. The summed E-state index contributed by atoms with van der Waals surface area (Å²) in [5.41, 5.74) is 0. The molecular weight excluding hydrogens is 320 g/mol. The number of aliphatic hydroxyl groups is 2. The zero-order valence-corrected chi connectivity index (χ0v) is 16.0. The van der Waals surface area contributed by atoms with Crippen LogP contribution in [0.25, 0.3) is 0 Å². The standard InChI is InChI=1S/C15H32O5SSi/c1-4-20-22(5-2,6-3)11-7-9-21-10-8-15(18)19-13-14(17)12-16/h14,16-17H,4-13H2,1-3H3. The first-order valence-electron chi connectivity index (χ1n) is 8.19. The van der Waals surface area contributed by atoms with E-state index >= 15 is 0 Å². The fourth-order valence-corrected chi connectivity index (χ4v) is 6.57. The van der Waals surface area contributed by atoms with E-state index in [1.165, 1.54) is 18.1 Å². The van der Waals surface area contributed by atoms with Crippen LogP contribution in [-0.2, 0) is 14.0 Å². The smallest absolute Gasteiger partial charge is 0.306 e. The molecule has 0 aliphatic rings. The average Bonchev–Trinajstić information content (AvgIpc) is 2.54. The van der Waals surface area contributed by atoms with E-state index in [-0.39, 0.29) is 19.2 Å². The van der Waals surface area contributed by atoms with E-state index in [0.717, 1.165) is 24.5 Å². The first-order chi connectivity index (χ1) is 10.5. The minimum atomic E-state index is -1.51. The summed E-state index contributed by atoms with van der Waals surface area (Å²) >= 11 is 1.76. The molecule has 0 aromatic heterocycles. The van der Waals surface area contributed by atoms with Crippen LogP contribution >= 0.6 is 11.8 Å². The van der Waals surface area contributed by atoms with Gasteiger partial charge in [0.2, 0.25) is 0 Å². The predicted octanol–water partition coefficient (Wildman–Crippen LogP) is 2.42. The number of ether oxygens (including phenoxy) is 1. The molecule has 2 N–H and O–H groups in total. The van der Waals surface area contributed by atoms with E-state index < -0.39 is 14.4 Å². The fraction of sp³-hybridized carbons (Fsp3) is 0.933. The van der Waals surface area contributed by atoms with Gasteiger partial charge in [0.05, 0.1) is 13.0 Å². The van der Waals surface area contributed by atoms with Crippen LogP contribution in [0.15, 0.2) is 0 Å². The molecule has 0 fully saturated rings. The highest BCUT2D eigenvalue weighted by atomic mass is 32.2. The van der Waals surface area contributed by atoms with Gasteiger partial charge in [-0.2, -0.15) is 11.8 Å². The number of rotatable bonds is 14. The van der Waals surface area contributed by atoms with E-state index in [2.05, 4.69) is 20.8 Å². The molecule has 0 aliphatic heterocycles. The molecule has 0 radical (unpaired) electrons. The van der Waals surface area contributed by atoms with Crippen molar-refractivity contribution in [1.82, 2.24) is 0 Å². The topological polar surface area (TPSA) is 76.0 Å². The first kappa shape index (κ1) is 21.9. The van der Waals surface area contributed by atoms with Crippen LogP contribution in [0.5, 0.6) is 0 Å². The minimum absolute atomic E-state index is 0.129. The molecule has 22 heavy (non-hydrogen) atoms. The highest BCUT2D eigenvalue weighted by Gasteiger charge is 2.29. The molecule has 0 amide bonds. The highest BCUT2D eigenvalue weighted by molar-refractivity contribution is 7.99. The Balaban J connectivity index is 3.70. The third-order valence-electron chi connectivity index (χ3n) is 3.76. The number of esters is 1. The SMILES string of the molecule is CCO[Si](CC)(CC)CCCSCCC(=O)OCC(O)CO. The van der Waals surface area contributed by atoms with Crippen molar-refractivity contribution in [3.8, 4) is 0 Å². The summed E-state index contributed by atoms with van der Waals surface area (Å²) in [5.74, 6) is 1.45. The van der Waals surface area contributed by atoms with Crippen LogP contribution < -0.4 is 0 Å². The Labute approximate surface area is 139 Å². The van der Waals surface area contributed by atoms with E-state index in [1.807, 2.05) is 0 Å². The molecule has 7 heteroatoms. The van der Waals surface area contributed by atoms with Crippen molar-refractivity contribution < 1.29 is 24.2 Å². The zero-order valence-electron chi connectivity index (χ0n) is 14.2. The van der Waals surface area contributed by atoms with Crippen molar-refractivity contribution in [1.29, 1.82) is 0 Å². The second kappa shape index (κ2) is 13.4. The summed E-state index contributed by atoms with van der Waals surface area (Å²) in [4.78, 5) is 11.4. The number of hydrogen-bond donors (Lipinski definition) is 2. The number of carbonyl (C=O) groups is 1. The molecule has 5 nitrogen and oxygen atoms in total. The molecule has 0 saturated carbocycles. The molecule has 0 spiro atoms. The summed E-state index contributed by atoms with van der Waals surface area (Å²) < 4.78 is 10.9. The lowest BCUT2D eigenvalue weighted by atomic mass is 10.4. The van der Waals surface area contributed by atoms with Gasteiger partial charge in [0.15, 0.2) is 8.32 Å². The maximum Gasteiger partial charge on any atom is 0.306 e. The highest BCUT2D eigenvalue weighted by Crippen LogP contribution is 2.24. The second-order valence-electron chi connectivity index (χ2n) is 5.31. The van der Waals surface area contributed by atoms with Gasteiger partial charge < -0.3 is 19.4 Å². The molecule has 0 bridgehead atoms. The predicted molar refractivity (Wildman–Crippen MR) is 93.8 cm³/mol. The van der Waals surface area contributed by atoms with Gasteiger partial charge in [0.1, 0.15) is 12.7 Å². The van der Waals surface area contributed by atoms with Gasteiger partial charge in [-0.25, -0.2) is 0 Å². The fourth-order valence-electron chi connectivity index (χ4n) is 2.25. The molecule has 1 atom stereocenters. The van der Waals surface area contributed by atoms with Crippen molar-refractivity contribution in [2.24, 2.45) is 0 Å². The van der Waals surface area contributed by atoms with E-state index in [1.54, 1.807) is 11.8 Å². The quantitative estimate of drug-likeness (QED) is 0.284. The molecule has 1 unspecified atom stereocenters. The van der Waals surface area contributed by atoms with E-state index in [0.29, 0.717) is 6.42 Å². The largest absolute Gasteiger partial charge is 0.463 e. The molecular formula is C15H32O5SSi. The third-order valence-corrected chi connectivity index (χ3v) is 9.57. The van der Waals surface area contributed by atoms with Crippen molar-refractivity contribution in [2.75, 3.05) is 31.3 Å². The Hall–Kier alpha value is -0.0831. The summed E-state index contributed by atoms with van der Waals surface area (Å²) in [6.45, 7) is 6.83. The molecule has 132 valence electrons. The molecule has 0 aliphatic carbocycles. The monoisotopic (exact) mass is 352 g/mol. The van der Waals surface area contributed by atoms with E-state index in [4.69, 9.17) is 19.4 Å². The number of carbonyl (C=O) groups excluding carboxylic acids is 1. The van der Waals surface area contributed by atoms with E-state index in [9.17, 15) is 4.79 Å². The molecule has 0 heterocycles. The third kappa shape index (κ3) is 9.84. The molecule has 0 aromatic rings. The van der Waals surface area contributed by atoms with Gasteiger partial charge in [-0.05, 0) is 37.2 Å². The lowest BCUT2D eigenvalue weighted by molar-refractivity contribution is -0.146. The summed E-state index contributed by atoms with van der Waals surface area (Å²) in [7, 11) is -1.51. The maximum atomic E-state index is 11.4. The van der Waals surface area contributed by atoms with Crippen LogP contribution in [0.3, 0.4) is 0 Å². The van der Waals surface area contributed by atoms with Crippen molar-refractivity contribution >= 4 is 26.0 Å². The normalized spacial score (nSPS) is 13.1. The Kier molecular flexibility index (Phi) is 13.3. The summed E-state index contributed by atoms with van der Waals surface area (Å²) in [5, 5.41) is 17.7. The zero-order chi connectivity index (χ0) is 16.8. The number of thioether (sulfide) groups is 1. The van der Waals surface area contributed by atoms with Gasteiger partial charge >= 0.3 is 5.97 Å². The summed E-state index contributed by atoms with van der Waals surface area (Å²) in [6, 6.07) is 3.52. The first-order valence-corrected chi connectivity index (χ1v) is 11.9. The Morgan fingerprint density at radius 1 is 1.23 bits per heavy atom. The molecule has 0 aromatic carbocycles. The molecule has 0 rings (SSSR count). The van der Waals surface area contributed by atoms with Gasteiger partial charge in [-0.15, -0.1) is 0 Å². The van der Waals surface area contributed by atoms with Gasteiger partial charge in [-0.3, -0.25) is 4.79 Å². The Bertz CT molecular complexity index is 287. The second-order valence-corrected chi connectivity index (χ2v) is 11.1. The van der Waals surface area contributed by atoms with Crippen molar-refractivity contribution in [2.45, 2.75) is 57.8 Å². The molecule has 0 saturated heterocycles. The van der Waals surface area contributed by atoms with Gasteiger partial charge in [-0.1, -0.05) is 13.8 Å². The average molecular weight is 353 g/mol. The van der Waals surface area contributed by atoms with Crippen LogP contribution in [0, 0.1) is 0 Å². The lowest BCUT2D eigenvalue weighted by Gasteiger charge is -2.28. The number of hydrogen-bond acceptors (Lipinski definition) is 6.